The van der Waals surface area contributed by atoms with Crippen molar-refractivity contribution in [2.75, 3.05) is 24.5 Å². The second-order valence-electron chi connectivity index (χ2n) is 5.11. The highest BCUT2D eigenvalue weighted by Gasteiger charge is 2.21. The topological polar surface area (TPSA) is 56.1 Å². The number of rotatable bonds is 3. The van der Waals surface area contributed by atoms with E-state index in [-0.39, 0.29) is 5.91 Å². The molecule has 4 nitrogen and oxygen atoms in total. The summed E-state index contributed by atoms with van der Waals surface area (Å²) < 4.78 is 0.845. The number of piperidine rings is 1. The van der Waals surface area contributed by atoms with Crippen LogP contribution in [0.4, 0.5) is 5.69 Å². The van der Waals surface area contributed by atoms with Gasteiger partial charge in [0.2, 0.25) is 5.91 Å². The highest BCUT2D eigenvalue weighted by Crippen LogP contribution is 2.30. The van der Waals surface area contributed by atoms with Crippen LogP contribution >= 0.6 is 15.9 Å². The monoisotopic (exact) mass is 335 g/mol. The fourth-order valence-corrected chi connectivity index (χ4v) is 3.00. The summed E-state index contributed by atoms with van der Waals surface area (Å²) in [5.41, 5.74) is 1.70. The zero-order valence-electron chi connectivity index (χ0n) is 11.5. The largest absolute Gasteiger partial charge is 0.370 e. The number of halogens is 1. The lowest BCUT2D eigenvalue weighted by Crippen LogP contribution is -2.38. The summed E-state index contributed by atoms with van der Waals surface area (Å²) in [6.07, 6.45) is 2.08. The van der Waals surface area contributed by atoms with Gasteiger partial charge in [-0.25, -0.2) is 0 Å². The molecule has 1 N–H and O–H groups in total. The maximum absolute atomic E-state index is 10.9. The standard InChI is InChI=1S/C15H18BrN3O/c1-11(20)18-10-12-5-7-19(8-6-12)15-4-2-3-14(16)13(15)9-17/h2-4,12H,5-8,10H2,1H3,(H,18,20). The highest BCUT2D eigenvalue weighted by atomic mass is 79.9. The molecule has 1 saturated heterocycles. The molecule has 1 heterocycles. The van der Waals surface area contributed by atoms with Crippen molar-refractivity contribution >= 4 is 27.5 Å². The average molecular weight is 336 g/mol. The number of anilines is 1. The van der Waals surface area contributed by atoms with Crippen LogP contribution in [0.3, 0.4) is 0 Å². The van der Waals surface area contributed by atoms with Gasteiger partial charge in [0.15, 0.2) is 0 Å². The smallest absolute Gasteiger partial charge is 0.216 e. The number of carbonyl (C=O) groups is 1. The number of benzene rings is 1. The van der Waals surface area contributed by atoms with Crippen molar-refractivity contribution in [2.24, 2.45) is 5.92 Å². The van der Waals surface area contributed by atoms with E-state index in [2.05, 4.69) is 32.2 Å². The molecule has 0 unspecified atom stereocenters. The molecule has 0 saturated carbocycles. The summed E-state index contributed by atoms with van der Waals surface area (Å²) >= 11 is 3.43. The third-order valence-corrected chi connectivity index (χ3v) is 4.36. The molecule has 1 aliphatic heterocycles. The first kappa shape index (κ1) is 14.9. The molecule has 2 rings (SSSR count). The lowest BCUT2D eigenvalue weighted by atomic mass is 9.96. The van der Waals surface area contributed by atoms with E-state index in [9.17, 15) is 10.1 Å². The lowest BCUT2D eigenvalue weighted by Gasteiger charge is -2.34. The molecule has 5 heteroatoms. The SMILES string of the molecule is CC(=O)NCC1CCN(c2cccc(Br)c2C#N)CC1. The van der Waals surface area contributed by atoms with Crippen LogP contribution in [-0.2, 0) is 4.79 Å². The van der Waals surface area contributed by atoms with Gasteiger partial charge in [0.1, 0.15) is 6.07 Å². The van der Waals surface area contributed by atoms with Crippen LogP contribution < -0.4 is 10.2 Å². The van der Waals surface area contributed by atoms with Crippen LogP contribution in [0.15, 0.2) is 22.7 Å². The van der Waals surface area contributed by atoms with Crippen LogP contribution in [0, 0.1) is 17.2 Å². The summed E-state index contributed by atoms with van der Waals surface area (Å²) in [5, 5.41) is 12.2. The van der Waals surface area contributed by atoms with Gasteiger partial charge in [-0.15, -0.1) is 0 Å². The van der Waals surface area contributed by atoms with Gasteiger partial charge in [0, 0.05) is 31.0 Å². The molecule has 0 bridgehead atoms. The number of hydrogen-bond acceptors (Lipinski definition) is 3. The molecule has 0 radical (unpaired) electrons. The predicted octanol–water partition coefficient (Wildman–Crippen LogP) is 2.67. The zero-order chi connectivity index (χ0) is 14.5. The quantitative estimate of drug-likeness (QED) is 0.923. The third kappa shape index (κ3) is 3.51. The number of amides is 1. The van der Waals surface area contributed by atoms with Crippen molar-refractivity contribution in [1.82, 2.24) is 5.32 Å². The van der Waals surface area contributed by atoms with Crippen LogP contribution in [0.2, 0.25) is 0 Å². The average Bonchev–Trinajstić information content (AvgIpc) is 2.45. The van der Waals surface area contributed by atoms with Gasteiger partial charge in [0.05, 0.1) is 11.3 Å². The Kier molecular flexibility index (Phi) is 5.02. The Hall–Kier alpha value is -1.54. The Morgan fingerprint density at radius 3 is 2.80 bits per heavy atom. The van der Waals surface area contributed by atoms with Gasteiger partial charge < -0.3 is 10.2 Å². The molecule has 1 aromatic carbocycles. The third-order valence-electron chi connectivity index (χ3n) is 3.70. The van der Waals surface area contributed by atoms with E-state index in [1.54, 1.807) is 6.92 Å². The van der Waals surface area contributed by atoms with Gasteiger partial charge in [-0.05, 0) is 46.8 Å². The van der Waals surface area contributed by atoms with Gasteiger partial charge >= 0.3 is 0 Å². The number of nitriles is 1. The summed E-state index contributed by atoms with van der Waals surface area (Å²) in [4.78, 5) is 13.2. The van der Waals surface area contributed by atoms with Gasteiger partial charge in [-0.3, -0.25) is 4.79 Å². The summed E-state index contributed by atoms with van der Waals surface area (Å²) in [5.74, 6) is 0.569. The van der Waals surface area contributed by atoms with Crippen LogP contribution in [0.25, 0.3) is 0 Å². The first-order valence-electron chi connectivity index (χ1n) is 6.80. The molecule has 0 aromatic heterocycles. The molecule has 1 aliphatic rings. The Morgan fingerprint density at radius 2 is 2.20 bits per heavy atom. The van der Waals surface area contributed by atoms with Crippen molar-refractivity contribution in [3.8, 4) is 6.07 Å². The van der Waals surface area contributed by atoms with Gasteiger partial charge in [-0.2, -0.15) is 5.26 Å². The van der Waals surface area contributed by atoms with E-state index in [1.165, 1.54) is 0 Å². The van der Waals surface area contributed by atoms with E-state index in [0.717, 1.165) is 42.6 Å². The lowest BCUT2D eigenvalue weighted by molar-refractivity contribution is -0.119. The van der Waals surface area contributed by atoms with Crippen molar-refractivity contribution in [3.63, 3.8) is 0 Å². The van der Waals surface area contributed by atoms with E-state index in [1.807, 2.05) is 18.2 Å². The van der Waals surface area contributed by atoms with Gasteiger partial charge in [-0.1, -0.05) is 6.07 Å². The minimum absolute atomic E-state index is 0.0335. The fourth-order valence-electron chi connectivity index (χ4n) is 2.55. The first-order chi connectivity index (χ1) is 9.61. The molecule has 20 heavy (non-hydrogen) atoms. The summed E-state index contributed by atoms with van der Waals surface area (Å²) in [6, 6.07) is 8.12. The van der Waals surface area contributed by atoms with Gasteiger partial charge in [0.25, 0.3) is 0 Å². The maximum atomic E-state index is 10.9. The molecule has 1 amide bonds. The zero-order valence-corrected chi connectivity index (χ0v) is 13.1. The molecule has 1 fully saturated rings. The molecular weight excluding hydrogens is 318 g/mol. The normalized spacial score (nSPS) is 15.8. The minimum Gasteiger partial charge on any atom is -0.370 e. The maximum Gasteiger partial charge on any atom is 0.216 e. The van der Waals surface area contributed by atoms with Crippen molar-refractivity contribution in [1.29, 1.82) is 5.26 Å². The Morgan fingerprint density at radius 1 is 1.50 bits per heavy atom. The Labute approximate surface area is 127 Å². The fraction of sp³-hybridized carbons (Fsp3) is 0.467. The molecule has 0 spiro atoms. The molecule has 1 aromatic rings. The van der Waals surface area contributed by atoms with Crippen molar-refractivity contribution in [3.05, 3.63) is 28.2 Å². The van der Waals surface area contributed by atoms with E-state index in [0.29, 0.717) is 11.5 Å². The second-order valence-corrected chi connectivity index (χ2v) is 5.97. The number of hydrogen-bond donors (Lipinski definition) is 1. The molecule has 0 atom stereocenters. The van der Waals surface area contributed by atoms with E-state index >= 15 is 0 Å². The minimum atomic E-state index is 0.0335. The Bertz CT molecular complexity index is 530. The molecular formula is C15H18BrN3O. The summed E-state index contributed by atoms with van der Waals surface area (Å²) in [7, 11) is 0. The van der Waals surface area contributed by atoms with Crippen LogP contribution in [0.1, 0.15) is 25.3 Å². The second kappa shape index (κ2) is 6.76. The molecule has 0 aliphatic carbocycles. The number of nitrogens with zero attached hydrogens (tertiary/aromatic N) is 2. The predicted molar refractivity (Wildman–Crippen MR) is 82.5 cm³/mol. The number of carbonyl (C=O) groups excluding carboxylic acids is 1. The van der Waals surface area contributed by atoms with Crippen LogP contribution in [-0.4, -0.2) is 25.5 Å². The van der Waals surface area contributed by atoms with E-state index < -0.39 is 0 Å². The first-order valence-corrected chi connectivity index (χ1v) is 7.59. The summed E-state index contributed by atoms with van der Waals surface area (Å²) in [6.45, 7) is 4.16. The Balaban J connectivity index is 1.99. The van der Waals surface area contributed by atoms with E-state index in [4.69, 9.17) is 0 Å². The van der Waals surface area contributed by atoms with Crippen molar-refractivity contribution < 1.29 is 4.79 Å². The number of nitrogens with one attached hydrogen (secondary N) is 1. The van der Waals surface area contributed by atoms with Crippen LogP contribution in [0.5, 0.6) is 0 Å². The molecule has 106 valence electrons. The van der Waals surface area contributed by atoms with Crippen molar-refractivity contribution in [2.45, 2.75) is 19.8 Å². The highest BCUT2D eigenvalue weighted by molar-refractivity contribution is 9.10.